The highest BCUT2D eigenvalue weighted by Crippen LogP contribution is 2.31. The Hall–Kier alpha value is -2.58. The van der Waals surface area contributed by atoms with Gasteiger partial charge in [0.1, 0.15) is 5.75 Å². The van der Waals surface area contributed by atoms with Gasteiger partial charge in [0.15, 0.2) is 6.10 Å². The van der Waals surface area contributed by atoms with E-state index in [1.807, 2.05) is 18.2 Å². The van der Waals surface area contributed by atoms with Crippen molar-refractivity contribution in [2.45, 2.75) is 25.5 Å². The Morgan fingerprint density at radius 1 is 1.46 bits per heavy atom. The number of aromatic nitrogens is 1. The third-order valence-corrected chi connectivity index (χ3v) is 4.11. The maximum atomic E-state index is 12.8. The zero-order valence-electron chi connectivity index (χ0n) is 13.0. The molecule has 0 spiro atoms. The van der Waals surface area contributed by atoms with E-state index in [0.29, 0.717) is 30.3 Å². The molecule has 1 aliphatic rings. The van der Waals surface area contributed by atoms with Crippen molar-refractivity contribution in [3.05, 3.63) is 58.9 Å². The minimum atomic E-state index is -0.575. The molecule has 1 amide bonds. The number of ether oxygens (including phenoxy) is 1. The highest BCUT2D eigenvalue weighted by molar-refractivity contribution is 6.30. The zero-order chi connectivity index (χ0) is 16.9. The molecule has 0 aliphatic carbocycles. The fourth-order valence-corrected chi connectivity index (χ4v) is 2.92. The van der Waals surface area contributed by atoms with E-state index in [0.717, 1.165) is 11.1 Å². The van der Waals surface area contributed by atoms with E-state index < -0.39 is 6.10 Å². The highest BCUT2D eigenvalue weighted by atomic mass is 35.5. The Balaban J connectivity index is 1.73. The van der Waals surface area contributed by atoms with Crippen molar-refractivity contribution in [3.8, 4) is 11.8 Å². The standard InChI is InChI=1S/C18H16ClN3O2/c19-15-4-5-16-14(9-15)10-17(24-16)18(23)22(8-2-6-20)12-13-3-1-7-21-11-13/h1,3-5,7,9,11,17H,2,8,10,12H2/t17-/m0/s1. The second-order valence-electron chi connectivity index (χ2n) is 5.59. The molecule has 0 saturated heterocycles. The van der Waals surface area contributed by atoms with Gasteiger partial charge in [0.05, 0.1) is 12.5 Å². The van der Waals surface area contributed by atoms with E-state index in [-0.39, 0.29) is 12.3 Å². The summed E-state index contributed by atoms with van der Waals surface area (Å²) >= 11 is 6.00. The van der Waals surface area contributed by atoms with Crippen LogP contribution >= 0.6 is 11.6 Å². The molecule has 0 saturated carbocycles. The number of halogens is 1. The van der Waals surface area contributed by atoms with Gasteiger partial charge in [-0.3, -0.25) is 9.78 Å². The number of nitrogens with zero attached hydrogens (tertiary/aromatic N) is 3. The number of benzene rings is 1. The van der Waals surface area contributed by atoms with Gasteiger partial charge in [-0.1, -0.05) is 17.7 Å². The van der Waals surface area contributed by atoms with Crippen LogP contribution in [-0.2, 0) is 17.8 Å². The molecule has 2 heterocycles. The Labute approximate surface area is 145 Å². The molecule has 3 rings (SSSR count). The number of carbonyl (C=O) groups is 1. The molecule has 0 bridgehead atoms. The lowest BCUT2D eigenvalue weighted by Crippen LogP contribution is -2.41. The predicted octanol–water partition coefficient (Wildman–Crippen LogP) is 2.98. The lowest BCUT2D eigenvalue weighted by Gasteiger charge is -2.24. The fourth-order valence-electron chi connectivity index (χ4n) is 2.72. The minimum absolute atomic E-state index is 0.124. The molecule has 0 fully saturated rings. The molecule has 2 aromatic rings. The number of nitriles is 1. The summed E-state index contributed by atoms with van der Waals surface area (Å²) in [7, 11) is 0. The van der Waals surface area contributed by atoms with Gasteiger partial charge in [0, 0.05) is 36.9 Å². The molecular weight excluding hydrogens is 326 g/mol. The third kappa shape index (κ3) is 3.66. The maximum Gasteiger partial charge on any atom is 0.264 e. The number of rotatable bonds is 5. The summed E-state index contributed by atoms with van der Waals surface area (Å²) in [6.45, 7) is 0.770. The van der Waals surface area contributed by atoms with Gasteiger partial charge in [-0.2, -0.15) is 5.26 Å². The van der Waals surface area contributed by atoms with Crippen molar-refractivity contribution >= 4 is 17.5 Å². The Bertz CT molecular complexity index is 774. The zero-order valence-corrected chi connectivity index (χ0v) is 13.7. The van der Waals surface area contributed by atoms with E-state index in [1.165, 1.54) is 0 Å². The summed E-state index contributed by atoms with van der Waals surface area (Å²) in [6, 6.07) is 11.2. The van der Waals surface area contributed by atoms with Gasteiger partial charge in [-0.25, -0.2) is 0 Å². The molecule has 6 heteroatoms. The van der Waals surface area contributed by atoms with Gasteiger partial charge in [-0.05, 0) is 35.4 Å². The second kappa shape index (κ2) is 7.33. The maximum absolute atomic E-state index is 12.8. The van der Waals surface area contributed by atoms with Crippen LogP contribution in [0.25, 0.3) is 0 Å². The quantitative estimate of drug-likeness (QED) is 0.838. The summed E-state index contributed by atoms with van der Waals surface area (Å²) in [6.07, 6.45) is 3.60. The molecule has 1 atom stereocenters. The molecule has 1 aromatic carbocycles. The van der Waals surface area contributed by atoms with Crippen LogP contribution in [-0.4, -0.2) is 28.4 Å². The molecule has 5 nitrogen and oxygen atoms in total. The van der Waals surface area contributed by atoms with Crippen molar-refractivity contribution in [2.24, 2.45) is 0 Å². The average molecular weight is 342 g/mol. The van der Waals surface area contributed by atoms with E-state index >= 15 is 0 Å². The van der Waals surface area contributed by atoms with Crippen molar-refractivity contribution in [1.29, 1.82) is 5.26 Å². The average Bonchev–Trinajstić information content (AvgIpc) is 3.02. The number of hydrogen-bond acceptors (Lipinski definition) is 4. The lowest BCUT2D eigenvalue weighted by molar-refractivity contribution is -0.138. The Morgan fingerprint density at radius 2 is 2.33 bits per heavy atom. The first kappa shape index (κ1) is 16.3. The van der Waals surface area contributed by atoms with Gasteiger partial charge < -0.3 is 9.64 Å². The third-order valence-electron chi connectivity index (χ3n) is 3.87. The number of carbonyl (C=O) groups excluding carboxylic acids is 1. The smallest absolute Gasteiger partial charge is 0.264 e. The number of pyridine rings is 1. The normalized spacial score (nSPS) is 15.2. The molecule has 24 heavy (non-hydrogen) atoms. The Morgan fingerprint density at radius 3 is 3.08 bits per heavy atom. The molecule has 122 valence electrons. The van der Waals surface area contributed by atoms with Gasteiger partial charge in [-0.15, -0.1) is 0 Å². The van der Waals surface area contributed by atoms with Crippen LogP contribution in [0.3, 0.4) is 0 Å². The van der Waals surface area contributed by atoms with E-state index in [1.54, 1.807) is 29.4 Å². The summed E-state index contributed by atoms with van der Waals surface area (Å²) in [4.78, 5) is 18.6. The van der Waals surface area contributed by atoms with Crippen LogP contribution in [0, 0.1) is 11.3 Å². The van der Waals surface area contributed by atoms with Crippen molar-refractivity contribution in [2.75, 3.05) is 6.54 Å². The fraction of sp³-hybridized carbons (Fsp3) is 0.278. The summed E-state index contributed by atoms with van der Waals surface area (Å²) in [5.41, 5.74) is 1.85. The van der Waals surface area contributed by atoms with Crippen LogP contribution in [0.4, 0.5) is 0 Å². The monoisotopic (exact) mass is 341 g/mol. The molecule has 1 aromatic heterocycles. The SMILES string of the molecule is N#CCCN(Cc1cccnc1)C(=O)[C@@H]1Cc2cc(Cl)ccc2O1. The van der Waals surface area contributed by atoms with Crippen molar-refractivity contribution in [1.82, 2.24) is 9.88 Å². The second-order valence-corrected chi connectivity index (χ2v) is 6.03. The topological polar surface area (TPSA) is 66.2 Å². The first-order valence-electron chi connectivity index (χ1n) is 7.67. The summed E-state index contributed by atoms with van der Waals surface area (Å²) in [5, 5.41) is 9.48. The van der Waals surface area contributed by atoms with E-state index in [9.17, 15) is 4.79 Å². The lowest BCUT2D eigenvalue weighted by atomic mass is 10.1. The van der Waals surface area contributed by atoms with Gasteiger partial charge in [0.25, 0.3) is 5.91 Å². The number of hydrogen-bond donors (Lipinski definition) is 0. The van der Waals surface area contributed by atoms with Crippen LogP contribution in [0.2, 0.25) is 5.02 Å². The molecule has 0 N–H and O–H groups in total. The summed E-state index contributed by atoms with van der Waals surface area (Å²) in [5.74, 6) is 0.570. The van der Waals surface area contributed by atoms with Crippen molar-refractivity contribution < 1.29 is 9.53 Å². The molecule has 0 radical (unpaired) electrons. The van der Waals surface area contributed by atoms with Crippen LogP contribution in [0.5, 0.6) is 5.75 Å². The molecule has 1 aliphatic heterocycles. The van der Waals surface area contributed by atoms with Gasteiger partial charge in [0.2, 0.25) is 0 Å². The Kier molecular flexibility index (Phi) is 4.97. The van der Waals surface area contributed by atoms with Crippen molar-refractivity contribution in [3.63, 3.8) is 0 Å². The number of amides is 1. The van der Waals surface area contributed by atoms with E-state index in [2.05, 4.69) is 11.1 Å². The molecular formula is C18H16ClN3O2. The summed E-state index contributed by atoms with van der Waals surface area (Å²) < 4.78 is 5.77. The van der Waals surface area contributed by atoms with Crippen LogP contribution in [0.1, 0.15) is 17.5 Å². The largest absolute Gasteiger partial charge is 0.480 e. The van der Waals surface area contributed by atoms with Crippen LogP contribution < -0.4 is 4.74 Å². The number of fused-ring (bicyclic) bond motifs is 1. The van der Waals surface area contributed by atoms with Gasteiger partial charge >= 0.3 is 0 Å². The van der Waals surface area contributed by atoms with E-state index in [4.69, 9.17) is 21.6 Å². The minimum Gasteiger partial charge on any atom is -0.480 e. The molecule has 0 unspecified atom stereocenters. The first-order chi connectivity index (χ1) is 11.7. The van der Waals surface area contributed by atoms with Crippen LogP contribution in [0.15, 0.2) is 42.7 Å². The highest BCUT2D eigenvalue weighted by Gasteiger charge is 2.32. The predicted molar refractivity (Wildman–Crippen MR) is 89.5 cm³/mol. The first-order valence-corrected chi connectivity index (χ1v) is 8.05.